The van der Waals surface area contributed by atoms with E-state index in [1.54, 1.807) is 10.4 Å². The largest absolute Gasteiger partial charge is 0.361 e. The van der Waals surface area contributed by atoms with Crippen LogP contribution in [0.3, 0.4) is 0 Å². The number of fused-ring (bicyclic) bond motifs is 2. The molecule has 1 amide bonds. The molecule has 4 rings (SSSR count). The van der Waals surface area contributed by atoms with Crippen LogP contribution in [0.2, 0.25) is 0 Å². The first-order chi connectivity index (χ1) is 13.4. The number of nitrogens with zero attached hydrogens (tertiary/aromatic N) is 2. The molecule has 0 spiro atoms. The third-order valence-corrected chi connectivity index (χ3v) is 9.07. The van der Waals surface area contributed by atoms with Crippen LogP contribution in [-0.2, 0) is 16.4 Å². The fraction of sp³-hybridized carbons (Fsp3) is 0.789. The topological polar surface area (TPSA) is 119 Å². The van der Waals surface area contributed by atoms with Gasteiger partial charge in [0.2, 0.25) is 10.0 Å². The van der Waals surface area contributed by atoms with Crippen molar-refractivity contribution >= 4 is 15.9 Å². The smallest absolute Gasteiger partial charge is 0.273 e. The maximum absolute atomic E-state index is 13.3. The number of carbonyl (C=O) groups is 1. The Balaban J connectivity index is 1.41. The Morgan fingerprint density at radius 1 is 1.21 bits per heavy atom. The molecule has 156 valence electrons. The van der Waals surface area contributed by atoms with Gasteiger partial charge in [0.15, 0.2) is 5.69 Å². The van der Waals surface area contributed by atoms with E-state index < -0.39 is 10.0 Å². The van der Waals surface area contributed by atoms with Crippen LogP contribution in [0.1, 0.15) is 74.5 Å². The Labute approximate surface area is 166 Å². The van der Waals surface area contributed by atoms with Crippen LogP contribution in [0, 0.1) is 0 Å². The number of nitrogens with two attached hydrogens (primary N) is 1. The molecule has 2 bridgehead atoms. The summed E-state index contributed by atoms with van der Waals surface area (Å²) in [6.45, 7) is 1.94. The van der Waals surface area contributed by atoms with E-state index >= 15 is 0 Å². The predicted molar refractivity (Wildman–Crippen MR) is 104 cm³/mol. The van der Waals surface area contributed by atoms with Crippen molar-refractivity contribution in [2.75, 3.05) is 0 Å². The molecule has 3 heterocycles. The molecule has 0 radical (unpaired) electrons. The lowest BCUT2D eigenvalue weighted by Crippen LogP contribution is -2.55. The maximum atomic E-state index is 13.3. The number of aryl methyl sites for hydroxylation is 1. The van der Waals surface area contributed by atoms with E-state index in [1.807, 2.05) is 6.92 Å². The molecule has 3 fully saturated rings. The zero-order valence-corrected chi connectivity index (χ0v) is 17.2. The van der Waals surface area contributed by atoms with E-state index in [9.17, 15) is 13.2 Å². The van der Waals surface area contributed by atoms with Crippen molar-refractivity contribution in [2.24, 2.45) is 5.73 Å². The van der Waals surface area contributed by atoms with Gasteiger partial charge < -0.3 is 15.6 Å². The van der Waals surface area contributed by atoms with Crippen LogP contribution < -0.4 is 11.1 Å². The van der Waals surface area contributed by atoms with Crippen molar-refractivity contribution in [1.82, 2.24) is 14.8 Å². The number of rotatable bonds is 5. The molecule has 9 heteroatoms. The Kier molecular flexibility index (Phi) is 5.50. The van der Waals surface area contributed by atoms with Gasteiger partial charge in [0.1, 0.15) is 5.76 Å². The Hall–Kier alpha value is -1.45. The van der Waals surface area contributed by atoms with Gasteiger partial charge >= 0.3 is 0 Å². The van der Waals surface area contributed by atoms with E-state index in [-0.39, 0.29) is 41.0 Å². The van der Waals surface area contributed by atoms with Crippen LogP contribution >= 0.6 is 0 Å². The number of piperidine rings is 1. The van der Waals surface area contributed by atoms with Gasteiger partial charge in [-0.3, -0.25) is 4.79 Å². The quantitative estimate of drug-likeness (QED) is 0.760. The van der Waals surface area contributed by atoms with Gasteiger partial charge in [-0.05, 0) is 51.4 Å². The summed E-state index contributed by atoms with van der Waals surface area (Å²) < 4.78 is 33.4. The Bertz CT molecular complexity index is 802. The van der Waals surface area contributed by atoms with Crippen LogP contribution in [0.4, 0.5) is 0 Å². The zero-order chi connectivity index (χ0) is 19.9. The highest BCUT2D eigenvalue weighted by atomic mass is 32.2. The summed E-state index contributed by atoms with van der Waals surface area (Å²) in [6, 6.07) is 1.73. The third-order valence-electron chi connectivity index (χ3n) is 6.58. The van der Waals surface area contributed by atoms with Crippen molar-refractivity contribution < 1.29 is 17.7 Å². The molecule has 1 aliphatic carbocycles. The predicted octanol–water partition coefficient (Wildman–Crippen LogP) is 1.56. The van der Waals surface area contributed by atoms with Crippen molar-refractivity contribution in [2.45, 2.75) is 94.1 Å². The number of carbonyl (C=O) groups excluding carboxylic acids is 1. The van der Waals surface area contributed by atoms with Gasteiger partial charge in [-0.15, -0.1) is 0 Å². The number of amides is 1. The number of nitrogens with one attached hydrogen (secondary N) is 1. The molecule has 1 aromatic rings. The second-order valence-electron chi connectivity index (χ2n) is 8.47. The number of sulfonamides is 1. The highest BCUT2D eigenvalue weighted by Gasteiger charge is 2.49. The van der Waals surface area contributed by atoms with E-state index in [0.717, 1.165) is 25.7 Å². The second-order valence-corrected chi connectivity index (χ2v) is 10.6. The molecular weight excluding hydrogens is 380 g/mol. The summed E-state index contributed by atoms with van der Waals surface area (Å²) in [4.78, 5) is 12.5. The first kappa shape index (κ1) is 19.8. The van der Waals surface area contributed by atoms with E-state index in [4.69, 9.17) is 10.3 Å². The fourth-order valence-electron chi connectivity index (χ4n) is 5.07. The van der Waals surface area contributed by atoms with Crippen molar-refractivity contribution in [1.29, 1.82) is 0 Å². The molecule has 2 aliphatic heterocycles. The molecule has 0 aromatic carbocycles. The number of hydrogen-bond donors (Lipinski definition) is 2. The monoisotopic (exact) mass is 410 g/mol. The Morgan fingerprint density at radius 3 is 2.43 bits per heavy atom. The summed E-state index contributed by atoms with van der Waals surface area (Å²) in [5.74, 6) is 0.434. The highest BCUT2D eigenvalue weighted by molar-refractivity contribution is 7.89. The molecular formula is C19H30N4O4S. The summed E-state index contributed by atoms with van der Waals surface area (Å²) in [5, 5.41) is 6.55. The second kappa shape index (κ2) is 7.76. The average Bonchev–Trinajstić information content (AvgIpc) is 3.25. The molecule has 0 unspecified atom stereocenters. The number of hydrogen-bond acceptors (Lipinski definition) is 6. The first-order valence-electron chi connectivity index (χ1n) is 10.4. The van der Waals surface area contributed by atoms with Crippen molar-refractivity contribution in [3.63, 3.8) is 0 Å². The molecule has 1 aromatic heterocycles. The lowest BCUT2D eigenvalue weighted by Gasteiger charge is -2.40. The lowest BCUT2D eigenvalue weighted by atomic mass is 9.96. The van der Waals surface area contributed by atoms with Crippen LogP contribution in [0.15, 0.2) is 10.6 Å². The molecule has 2 saturated heterocycles. The minimum absolute atomic E-state index is 0.0202. The summed E-state index contributed by atoms with van der Waals surface area (Å²) in [5.41, 5.74) is 6.24. The van der Waals surface area contributed by atoms with E-state index in [1.165, 1.54) is 0 Å². The standard InChI is InChI=1S/C19H30N4O4S/c1-2-16-11-18(22-27-16)19(24)21-13-9-14-5-6-15(10-13)23(14)28(25,26)17-7-3-12(20)4-8-17/h11-15,17H,2-10,20H2,1H3,(H,21,24)/t12-,13-,14+,15-,17-. The van der Waals surface area contributed by atoms with E-state index in [2.05, 4.69) is 10.5 Å². The van der Waals surface area contributed by atoms with Gasteiger partial charge in [0, 0.05) is 36.7 Å². The highest BCUT2D eigenvalue weighted by Crippen LogP contribution is 2.40. The van der Waals surface area contributed by atoms with Crippen LogP contribution in [-0.4, -0.2) is 53.2 Å². The molecule has 3 N–H and O–H groups in total. The molecule has 28 heavy (non-hydrogen) atoms. The third kappa shape index (κ3) is 3.71. The molecule has 8 nitrogen and oxygen atoms in total. The molecule has 3 aliphatic rings. The lowest BCUT2D eigenvalue weighted by molar-refractivity contribution is 0.0899. The Morgan fingerprint density at radius 2 is 1.86 bits per heavy atom. The first-order valence-corrected chi connectivity index (χ1v) is 11.9. The minimum atomic E-state index is -3.31. The summed E-state index contributed by atoms with van der Waals surface area (Å²) >= 11 is 0. The summed E-state index contributed by atoms with van der Waals surface area (Å²) in [7, 11) is -3.31. The fourth-order valence-corrected chi connectivity index (χ4v) is 7.50. The zero-order valence-electron chi connectivity index (χ0n) is 16.3. The van der Waals surface area contributed by atoms with Gasteiger partial charge in [0.25, 0.3) is 5.91 Å². The maximum Gasteiger partial charge on any atom is 0.273 e. The van der Waals surface area contributed by atoms with Crippen molar-refractivity contribution in [3.8, 4) is 0 Å². The average molecular weight is 411 g/mol. The van der Waals surface area contributed by atoms with Gasteiger partial charge in [-0.25, -0.2) is 8.42 Å². The summed E-state index contributed by atoms with van der Waals surface area (Å²) in [6.07, 6.45) is 6.62. The minimum Gasteiger partial charge on any atom is -0.361 e. The molecule has 1 saturated carbocycles. The van der Waals surface area contributed by atoms with E-state index in [0.29, 0.717) is 37.9 Å². The van der Waals surface area contributed by atoms with Crippen LogP contribution in [0.5, 0.6) is 0 Å². The number of aromatic nitrogens is 1. The van der Waals surface area contributed by atoms with Gasteiger partial charge in [0.05, 0.1) is 5.25 Å². The SMILES string of the molecule is CCc1cc(C(=O)N[C@H]2C[C@H]3CC[C@@H](C2)N3S(=O)(=O)[C@H]2CC[C@H](N)CC2)no1. The van der Waals surface area contributed by atoms with Crippen LogP contribution in [0.25, 0.3) is 0 Å². The van der Waals surface area contributed by atoms with Gasteiger partial charge in [-0.1, -0.05) is 12.1 Å². The normalized spacial score (nSPS) is 33.7. The molecule has 3 atom stereocenters. The van der Waals surface area contributed by atoms with Crippen molar-refractivity contribution in [3.05, 3.63) is 17.5 Å². The van der Waals surface area contributed by atoms with Gasteiger partial charge in [-0.2, -0.15) is 4.31 Å².